The maximum atomic E-state index is 11.7. The van der Waals surface area contributed by atoms with Crippen LogP contribution in [0.5, 0.6) is 5.75 Å². The van der Waals surface area contributed by atoms with Gasteiger partial charge in [-0.1, -0.05) is 28.1 Å². The van der Waals surface area contributed by atoms with E-state index in [0.29, 0.717) is 5.56 Å². The van der Waals surface area contributed by atoms with Crippen molar-refractivity contribution >= 4 is 28.1 Å². The van der Waals surface area contributed by atoms with Gasteiger partial charge >= 0.3 is 0 Å². The number of aromatic hydroxyl groups is 1. The highest BCUT2D eigenvalue weighted by molar-refractivity contribution is 9.10. The van der Waals surface area contributed by atoms with Crippen LogP contribution in [0.1, 0.15) is 15.9 Å². The van der Waals surface area contributed by atoms with E-state index in [0.717, 1.165) is 10.0 Å². The van der Waals surface area contributed by atoms with E-state index in [1.54, 1.807) is 6.21 Å². The number of carbonyl (C=O) groups excluding carboxylic acids is 1. The predicted octanol–water partition coefficient (Wildman–Crippen LogP) is 2.92. The van der Waals surface area contributed by atoms with Gasteiger partial charge in [-0.3, -0.25) is 4.79 Å². The second kappa shape index (κ2) is 6.15. The second-order valence-corrected chi connectivity index (χ2v) is 4.72. The van der Waals surface area contributed by atoms with Crippen molar-refractivity contribution in [1.82, 2.24) is 5.43 Å². The zero-order valence-corrected chi connectivity index (χ0v) is 11.5. The highest BCUT2D eigenvalue weighted by Crippen LogP contribution is 2.10. The minimum Gasteiger partial charge on any atom is -0.508 e. The van der Waals surface area contributed by atoms with Gasteiger partial charge in [0.2, 0.25) is 0 Å². The van der Waals surface area contributed by atoms with Crippen LogP contribution in [0.3, 0.4) is 0 Å². The molecule has 96 valence electrons. The van der Waals surface area contributed by atoms with Gasteiger partial charge in [0.15, 0.2) is 0 Å². The molecule has 2 aromatic rings. The molecule has 2 aromatic carbocycles. The highest BCUT2D eigenvalue weighted by atomic mass is 79.9. The number of carbonyl (C=O) groups is 1. The maximum absolute atomic E-state index is 11.7. The third kappa shape index (κ3) is 3.93. The van der Waals surface area contributed by atoms with E-state index in [4.69, 9.17) is 5.11 Å². The van der Waals surface area contributed by atoms with Crippen LogP contribution < -0.4 is 5.43 Å². The van der Waals surface area contributed by atoms with Crippen LogP contribution in [0.25, 0.3) is 0 Å². The second-order valence-electron chi connectivity index (χ2n) is 3.80. The lowest BCUT2D eigenvalue weighted by Crippen LogP contribution is -2.17. The molecule has 0 aromatic heterocycles. The van der Waals surface area contributed by atoms with Gasteiger partial charge in [-0.25, -0.2) is 5.43 Å². The molecule has 1 amide bonds. The molecule has 2 N–H and O–H groups in total. The van der Waals surface area contributed by atoms with Crippen molar-refractivity contribution < 1.29 is 9.90 Å². The Bertz CT molecular complexity index is 609. The Hall–Kier alpha value is -2.14. The molecule has 0 saturated heterocycles. The van der Waals surface area contributed by atoms with Crippen LogP contribution in [0, 0.1) is 0 Å². The molecule has 0 fully saturated rings. The van der Waals surface area contributed by atoms with Gasteiger partial charge < -0.3 is 5.11 Å². The molecule has 19 heavy (non-hydrogen) atoms. The average Bonchev–Trinajstić information content (AvgIpc) is 2.39. The summed E-state index contributed by atoms with van der Waals surface area (Å²) >= 11 is 3.35. The Balaban J connectivity index is 1.98. The number of nitrogens with one attached hydrogen (secondary N) is 1. The first-order valence-corrected chi connectivity index (χ1v) is 6.32. The summed E-state index contributed by atoms with van der Waals surface area (Å²) in [7, 11) is 0. The molecule has 0 atom stereocenters. The molecule has 0 bridgehead atoms. The lowest BCUT2D eigenvalue weighted by molar-refractivity contribution is 0.0955. The molecule has 5 heteroatoms. The molecule has 0 aliphatic heterocycles. The van der Waals surface area contributed by atoms with Crippen molar-refractivity contribution in [3.8, 4) is 5.75 Å². The van der Waals surface area contributed by atoms with Crippen LogP contribution >= 0.6 is 15.9 Å². The van der Waals surface area contributed by atoms with Gasteiger partial charge in [-0.05, 0) is 42.0 Å². The van der Waals surface area contributed by atoms with Crippen LogP contribution in [-0.2, 0) is 0 Å². The number of nitrogens with zero attached hydrogens (tertiary/aromatic N) is 1. The molecule has 0 saturated carbocycles. The summed E-state index contributed by atoms with van der Waals surface area (Å²) < 4.78 is 0.946. The Morgan fingerprint density at radius 2 is 1.95 bits per heavy atom. The van der Waals surface area contributed by atoms with Crippen LogP contribution in [0.4, 0.5) is 0 Å². The van der Waals surface area contributed by atoms with Crippen LogP contribution in [0.15, 0.2) is 58.1 Å². The van der Waals surface area contributed by atoms with E-state index in [1.165, 1.54) is 24.3 Å². The molecule has 0 unspecified atom stereocenters. The third-order valence-electron chi connectivity index (χ3n) is 2.36. The Labute approximate surface area is 118 Å². The standard InChI is InChI=1S/C14H11BrN2O2/c15-12-3-1-2-10(8-12)9-16-17-14(19)11-4-6-13(18)7-5-11/h1-9,18H,(H,17,19)/b16-9-. The summed E-state index contributed by atoms with van der Waals surface area (Å²) in [6, 6.07) is 13.5. The Morgan fingerprint density at radius 1 is 1.21 bits per heavy atom. The first-order chi connectivity index (χ1) is 9.15. The van der Waals surface area contributed by atoms with E-state index in [1.807, 2.05) is 24.3 Å². The summed E-state index contributed by atoms with van der Waals surface area (Å²) in [5.41, 5.74) is 3.73. The summed E-state index contributed by atoms with van der Waals surface area (Å²) in [6.45, 7) is 0. The zero-order chi connectivity index (χ0) is 13.7. The van der Waals surface area contributed by atoms with Gasteiger partial charge in [0.05, 0.1) is 6.21 Å². The number of hydrogen-bond acceptors (Lipinski definition) is 3. The maximum Gasteiger partial charge on any atom is 0.271 e. The van der Waals surface area contributed by atoms with Crippen molar-refractivity contribution in [2.45, 2.75) is 0 Å². The average molecular weight is 319 g/mol. The smallest absolute Gasteiger partial charge is 0.271 e. The summed E-state index contributed by atoms with van der Waals surface area (Å²) in [5, 5.41) is 13.0. The number of phenols is 1. The third-order valence-corrected chi connectivity index (χ3v) is 2.85. The monoisotopic (exact) mass is 318 g/mol. The van der Waals surface area contributed by atoms with E-state index in [-0.39, 0.29) is 11.7 Å². The number of hydrazone groups is 1. The fourth-order valence-corrected chi connectivity index (χ4v) is 1.85. The minimum atomic E-state index is -0.328. The van der Waals surface area contributed by atoms with E-state index in [9.17, 15) is 4.79 Å². The molecule has 4 nitrogen and oxygen atoms in total. The molecule has 0 spiro atoms. The van der Waals surface area contributed by atoms with Crippen molar-refractivity contribution in [2.75, 3.05) is 0 Å². The summed E-state index contributed by atoms with van der Waals surface area (Å²) in [4.78, 5) is 11.7. The van der Waals surface area contributed by atoms with Crippen LogP contribution in [-0.4, -0.2) is 17.2 Å². The van der Waals surface area contributed by atoms with Gasteiger partial charge in [0.25, 0.3) is 5.91 Å². The first-order valence-electron chi connectivity index (χ1n) is 5.53. The van der Waals surface area contributed by atoms with Gasteiger partial charge in [-0.15, -0.1) is 0 Å². The van der Waals surface area contributed by atoms with E-state index >= 15 is 0 Å². The lowest BCUT2D eigenvalue weighted by atomic mass is 10.2. The summed E-state index contributed by atoms with van der Waals surface area (Å²) in [6.07, 6.45) is 1.56. The molecule has 0 radical (unpaired) electrons. The van der Waals surface area contributed by atoms with Gasteiger partial charge in [-0.2, -0.15) is 5.10 Å². The van der Waals surface area contributed by atoms with Gasteiger partial charge in [0.1, 0.15) is 5.75 Å². The fourth-order valence-electron chi connectivity index (χ4n) is 1.43. The number of halogens is 1. The largest absolute Gasteiger partial charge is 0.508 e. The topological polar surface area (TPSA) is 61.7 Å². The van der Waals surface area contributed by atoms with Crippen LogP contribution in [0.2, 0.25) is 0 Å². The quantitative estimate of drug-likeness (QED) is 0.675. The molecular weight excluding hydrogens is 308 g/mol. The van der Waals surface area contributed by atoms with Gasteiger partial charge in [0, 0.05) is 10.0 Å². The summed E-state index contributed by atoms with van der Waals surface area (Å²) in [5.74, 6) is -0.208. The Morgan fingerprint density at radius 3 is 2.63 bits per heavy atom. The fraction of sp³-hybridized carbons (Fsp3) is 0. The Kier molecular flexibility index (Phi) is 4.30. The number of hydrogen-bond donors (Lipinski definition) is 2. The molecular formula is C14H11BrN2O2. The molecule has 2 rings (SSSR count). The van der Waals surface area contributed by atoms with E-state index in [2.05, 4.69) is 26.5 Å². The van der Waals surface area contributed by atoms with Crippen molar-refractivity contribution in [2.24, 2.45) is 5.10 Å². The molecule has 0 heterocycles. The first kappa shape index (κ1) is 13.3. The molecule has 0 aliphatic rings. The lowest BCUT2D eigenvalue weighted by Gasteiger charge is -2.00. The van der Waals surface area contributed by atoms with Crippen molar-refractivity contribution in [1.29, 1.82) is 0 Å². The van der Waals surface area contributed by atoms with Crippen molar-refractivity contribution in [3.63, 3.8) is 0 Å². The highest BCUT2D eigenvalue weighted by Gasteiger charge is 2.02. The minimum absolute atomic E-state index is 0.120. The number of benzene rings is 2. The zero-order valence-electron chi connectivity index (χ0n) is 9.88. The van der Waals surface area contributed by atoms with Crippen molar-refractivity contribution in [3.05, 3.63) is 64.1 Å². The molecule has 0 aliphatic carbocycles. The number of amides is 1. The normalized spacial score (nSPS) is 10.6. The van der Waals surface area contributed by atoms with E-state index < -0.39 is 0 Å². The predicted molar refractivity (Wildman–Crippen MR) is 77.3 cm³/mol. The number of phenolic OH excluding ortho intramolecular Hbond substituents is 1. The number of rotatable bonds is 3. The SMILES string of the molecule is O=C(N/N=C\c1cccc(Br)c1)c1ccc(O)cc1.